The molecule has 0 radical (unpaired) electrons. The SMILES string of the molecule is COc1ccc(CNC(=O)c2ccc(CN3C=C4C(=O)N(c5nc6ccccc6s5)N=C4CC3)cc2)cc1OC. The summed E-state index contributed by atoms with van der Waals surface area (Å²) in [4.78, 5) is 32.6. The molecule has 0 saturated carbocycles. The summed E-state index contributed by atoms with van der Waals surface area (Å²) in [6, 6.07) is 20.9. The number of hydrogen-bond acceptors (Lipinski definition) is 8. The van der Waals surface area contributed by atoms with Crippen molar-refractivity contribution in [1.82, 2.24) is 15.2 Å². The number of carbonyl (C=O) groups is 2. The summed E-state index contributed by atoms with van der Waals surface area (Å²) in [5.74, 6) is 0.950. The number of aromatic nitrogens is 1. The summed E-state index contributed by atoms with van der Waals surface area (Å²) in [6.45, 7) is 1.74. The number of hydrazone groups is 1. The Morgan fingerprint density at radius 3 is 2.55 bits per heavy atom. The lowest BCUT2D eigenvalue weighted by atomic mass is 10.0. The van der Waals surface area contributed by atoms with Crippen LogP contribution >= 0.6 is 11.3 Å². The van der Waals surface area contributed by atoms with Gasteiger partial charge < -0.3 is 19.7 Å². The molecule has 3 aromatic carbocycles. The van der Waals surface area contributed by atoms with E-state index < -0.39 is 0 Å². The van der Waals surface area contributed by atoms with Gasteiger partial charge in [-0.3, -0.25) is 9.59 Å². The second kappa shape index (κ2) is 10.8. The Balaban J connectivity index is 1.08. The van der Waals surface area contributed by atoms with E-state index in [4.69, 9.17) is 9.47 Å². The summed E-state index contributed by atoms with van der Waals surface area (Å²) >= 11 is 1.46. The third-order valence-electron chi connectivity index (χ3n) is 6.87. The summed E-state index contributed by atoms with van der Waals surface area (Å²) in [7, 11) is 3.17. The van der Waals surface area contributed by atoms with Gasteiger partial charge in [-0.15, -0.1) is 0 Å². The standard InChI is InChI=1S/C30H27N5O4S/c1-38-25-12-9-20(15-26(25)39-2)16-31-28(36)21-10-7-19(8-11-21)17-34-14-13-23-22(18-34)29(37)35(33-23)30-32-24-5-3-4-6-27(24)40-30/h3-12,15,18H,13-14,16-17H2,1-2H3,(H,31,36). The molecule has 2 aliphatic rings. The highest BCUT2D eigenvalue weighted by molar-refractivity contribution is 7.22. The van der Waals surface area contributed by atoms with Crippen molar-refractivity contribution in [3.05, 3.63) is 95.2 Å². The van der Waals surface area contributed by atoms with Gasteiger partial charge >= 0.3 is 0 Å². The van der Waals surface area contributed by atoms with E-state index in [1.54, 1.807) is 14.2 Å². The predicted molar refractivity (Wildman–Crippen MR) is 155 cm³/mol. The molecule has 0 fully saturated rings. The number of benzene rings is 3. The Hall–Kier alpha value is -4.70. The molecule has 4 aromatic rings. The van der Waals surface area contributed by atoms with E-state index >= 15 is 0 Å². The zero-order valence-corrected chi connectivity index (χ0v) is 22.9. The van der Waals surface area contributed by atoms with Crippen LogP contribution in [0.3, 0.4) is 0 Å². The van der Waals surface area contributed by atoms with Crippen molar-refractivity contribution in [2.45, 2.75) is 19.5 Å². The zero-order chi connectivity index (χ0) is 27.6. The van der Waals surface area contributed by atoms with Crippen LogP contribution in [0.4, 0.5) is 5.13 Å². The van der Waals surface area contributed by atoms with Gasteiger partial charge in [-0.25, -0.2) is 4.98 Å². The molecule has 2 amide bonds. The molecule has 10 heteroatoms. The maximum atomic E-state index is 13.2. The van der Waals surface area contributed by atoms with Crippen LogP contribution in [0.15, 0.2) is 83.6 Å². The van der Waals surface area contributed by atoms with Crippen molar-refractivity contribution in [3.8, 4) is 11.5 Å². The highest BCUT2D eigenvalue weighted by Crippen LogP contribution is 2.33. The maximum Gasteiger partial charge on any atom is 0.284 e. The van der Waals surface area contributed by atoms with Gasteiger partial charge in [-0.1, -0.05) is 41.7 Å². The first-order valence-corrected chi connectivity index (χ1v) is 13.7. The first-order chi connectivity index (χ1) is 19.5. The third-order valence-corrected chi connectivity index (χ3v) is 7.88. The molecule has 1 N–H and O–H groups in total. The fourth-order valence-corrected chi connectivity index (χ4v) is 5.66. The Labute approximate surface area is 235 Å². The Bertz CT molecular complexity index is 1630. The normalized spacial score (nSPS) is 14.6. The Kier molecular flexibility index (Phi) is 6.91. The van der Waals surface area contributed by atoms with Crippen molar-refractivity contribution in [1.29, 1.82) is 0 Å². The van der Waals surface area contributed by atoms with Crippen molar-refractivity contribution >= 4 is 44.2 Å². The van der Waals surface area contributed by atoms with Crippen molar-refractivity contribution < 1.29 is 19.1 Å². The maximum absolute atomic E-state index is 13.2. The van der Waals surface area contributed by atoms with Gasteiger partial charge in [0.2, 0.25) is 5.13 Å². The molecule has 0 unspecified atom stereocenters. The number of fused-ring (bicyclic) bond motifs is 2. The summed E-state index contributed by atoms with van der Waals surface area (Å²) in [6.07, 6.45) is 2.57. The number of nitrogens with zero attached hydrogens (tertiary/aromatic N) is 4. The molecule has 3 heterocycles. The quantitative estimate of drug-likeness (QED) is 0.339. The number of carbonyl (C=O) groups excluding carboxylic acids is 2. The Morgan fingerprint density at radius 2 is 1.77 bits per heavy atom. The van der Waals surface area contributed by atoms with Crippen LogP contribution in [0, 0.1) is 0 Å². The van der Waals surface area contributed by atoms with Gasteiger partial charge in [0.25, 0.3) is 11.8 Å². The first-order valence-electron chi connectivity index (χ1n) is 12.8. The number of para-hydroxylation sites is 1. The van der Waals surface area contributed by atoms with E-state index in [9.17, 15) is 9.59 Å². The predicted octanol–water partition coefficient (Wildman–Crippen LogP) is 4.74. The lowest BCUT2D eigenvalue weighted by molar-refractivity contribution is -0.114. The molecule has 0 atom stereocenters. The van der Waals surface area contributed by atoms with Crippen LogP contribution in [0.2, 0.25) is 0 Å². The van der Waals surface area contributed by atoms with Crippen molar-refractivity contribution in [3.63, 3.8) is 0 Å². The molecule has 0 bridgehead atoms. The second-order valence-corrected chi connectivity index (χ2v) is 10.5. The lowest BCUT2D eigenvalue weighted by Crippen LogP contribution is -2.29. The topological polar surface area (TPSA) is 96.4 Å². The molecular weight excluding hydrogens is 526 g/mol. The van der Waals surface area contributed by atoms with Crippen molar-refractivity contribution in [2.24, 2.45) is 5.10 Å². The largest absolute Gasteiger partial charge is 0.493 e. The molecule has 2 aliphatic heterocycles. The van der Waals surface area contributed by atoms with Gasteiger partial charge in [0, 0.05) is 37.8 Å². The number of thiazole rings is 1. The van der Waals surface area contributed by atoms with E-state index in [0.29, 0.717) is 47.3 Å². The average molecular weight is 554 g/mol. The fraction of sp³-hybridized carbons (Fsp3) is 0.200. The highest BCUT2D eigenvalue weighted by Gasteiger charge is 2.35. The highest BCUT2D eigenvalue weighted by atomic mass is 32.1. The molecule has 6 rings (SSSR count). The fourth-order valence-electron chi connectivity index (χ4n) is 4.74. The number of anilines is 1. The molecule has 0 saturated heterocycles. The molecule has 0 aliphatic carbocycles. The van der Waals surface area contributed by atoms with Crippen LogP contribution < -0.4 is 19.8 Å². The number of hydrogen-bond donors (Lipinski definition) is 1. The molecule has 202 valence electrons. The summed E-state index contributed by atoms with van der Waals surface area (Å²) < 4.78 is 11.6. The number of nitrogens with one attached hydrogen (secondary N) is 1. The smallest absolute Gasteiger partial charge is 0.284 e. The lowest BCUT2D eigenvalue weighted by Gasteiger charge is -2.25. The summed E-state index contributed by atoms with van der Waals surface area (Å²) in [5, 5.41) is 9.53. The van der Waals surface area contributed by atoms with Crippen LogP contribution in [0.25, 0.3) is 10.2 Å². The average Bonchev–Trinajstić information content (AvgIpc) is 3.57. The number of ether oxygens (including phenoxy) is 2. The van der Waals surface area contributed by atoms with Crippen LogP contribution in [0.1, 0.15) is 27.9 Å². The van der Waals surface area contributed by atoms with Crippen LogP contribution in [-0.2, 0) is 17.9 Å². The minimum atomic E-state index is -0.159. The van der Waals surface area contributed by atoms with E-state index in [2.05, 4.69) is 20.3 Å². The number of methoxy groups -OCH3 is 2. The van der Waals surface area contributed by atoms with Gasteiger partial charge in [-0.2, -0.15) is 10.1 Å². The molecule has 40 heavy (non-hydrogen) atoms. The van der Waals surface area contributed by atoms with E-state index in [1.807, 2.05) is 72.9 Å². The Morgan fingerprint density at radius 1 is 1.00 bits per heavy atom. The van der Waals surface area contributed by atoms with Gasteiger partial charge in [0.05, 0.1) is 35.7 Å². The van der Waals surface area contributed by atoms with Crippen LogP contribution in [0.5, 0.6) is 11.5 Å². The van der Waals surface area contributed by atoms with Gasteiger partial charge in [0.1, 0.15) is 0 Å². The molecule has 1 aromatic heterocycles. The molecule has 0 spiro atoms. The number of amides is 2. The third kappa shape index (κ3) is 5.01. The minimum Gasteiger partial charge on any atom is -0.493 e. The van der Waals surface area contributed by atoms with E-state index in [0.717, 1.165) is 33.6 Å². The monoisotopic (exact) mass is 553 g/mol. The van der Waals surface area contributed by atoms with E-state index in [-0.39, 0.29) is 11.8 Å². The molecular formula is C30H27N5O4S. The summed E-state index contributed by atoms with van der Waals surface area (Å²) in [5.41, 5.74) is 4.79. The molecule has 9 nitrogen and oxygen atoms in total. The van der Waals surface area contributed by atoms with Gasteiger partial charge in [-0.05, 0) is 47.5 Å². The first kappa shape index (κ1) is 25.6. The number of rotatable bonds is 8. The van der Waals surface area contributed by atoms with Gasteiger partial charge in [0.15, 0.2) is 11.5 Å². The van der Waals surface area contributed by atoms with Crippen LogP contribution in [-0.4, -0.2) is 48.2 Å². The second-order valence-electron chi connectivity index (χ2n) is 9.46. The van der Waals surface area contributed by atoms with Crippen molar-refractivity contribution in [2.75, 3.05) is 25.8 Å². The van der Waals surface area contributed by atoms with E-state index in [1.165, 1.54) is 16.3 Å². The minimum absolute atomic E-state index is 0.153. The zero-order valence-electron chi connectivity index (χ0n) is 22.1.